The van der Waals surface area contributed by atoms with Crippen LogP contribution in [-0.4, -0.2) is 122 Å². The molecule has 33 heteroatoms. The number of carbonyl (C=O) groups is 7. The van der Waals surface area contributed by atoms with Gasteiger partial charge in [0.05, 0.1) is 72.2 Å². The number of hydroxylamine groups is 2. The van der Waals surface area contributed by atoms with Crippen LogP contribution in [0, 0.1) is 59.4 Å². The Morgan fingerprint density at radius 2 is 1.02 bits per heavy atom. The van der Waals surface area contributed by atoms with Crippen LogP contribution in [0.4, 0.5) is 59.9 Å². The summed E-state index contributed by atoms with van der Waals surface area (Å²) >= 11 is 5.00. The van der Waals surface area contributed by atoms with Gasteiger partial charge in [-0.1, -0.05) is 78.5 Å². The number of anilines is 2. The molecule has 0 fully saturated rings. The Labute approximate surface area is 565 Å². The predicted molar refractivity (Wildman–Crippen MR) is 356 cm³/mol. The number of ether oxygens (including phenoxy) is 5. The molecule has 0 saturated carbocycles. The third kappa shape index (κ3) is 29.0. The maximum Gasteiger partial charge on any atom is 0.408 e. The van der Waals surface area contributed by atoms with Crippen molar-refractivity contribution in [3.05, 3.63) is 160 Å². The van der Waals surface area contributed by atoms with E-state index < -0.39 is 92.8 Å². The first kappa shape index (κ1) is 85.3. The second-order valence-corrected chi connectivity index (χ2v) is 23.1. The standard InChI is InChI=1S/C16H19N3O6.C15H17N3O4.C10H9N3O2.C9H16INO4.C7H3BrN2O2.C2H2.CH4.ClH/c1-16(2,3)25-15(21)18-12(14(20)24-5)8-10-6-7-11(17-4)9-13(10)19(22)23;1-15(2,3)22-14(20)17-11-7-9-5-6-10(16-4)8-12(9)18(21)13(11)19;1-12-7-3-2-6-4-8(11)10(14)13(15)9(6)5-7;1-9(2,3)15-8(13)11-6(5-10)7(12)14-4;1-9-5-2-3-6(8)7(4-5)10(11)12;1-2;;/h6-7,9,12H,8H2,1-3,5H3,(H,18,21);5-6,8,11,21H,7H2,1-3H3,(H,17,20);2-3,5,8,15H,4,11H2;6H,5H2,1-4H3,(H,11,13);2-4H;1-2H;1H4;1H/t12-;11-;8-;6-;;;;/m0000..../s1. The third-order valence-electron chi connectivity index (χ3n) is 11.0. The summed E-state index contributed by atoms with van der Waals surface area (Å²) in [4.78, 5) is 115. The monoisotopic (exact) mass is 1490 g/mol. The molecule has 5 amide bonds. The number of methoxy groups -OCH3 is 2. The van der Waals surface area contributed by atoms with E-state index in [1.54, 1.807) is 86.6 Å². The van der Waals surface area contributed by atoms with Gasteiger partial charge in [0.15, 0.2) is 22.7 Å². The van der Waals surface area contributed by atoms with E-state index in [1.165, 1.54) is 49.6 Å². The normalized spacial score (nSPS) is 13.7. The second kappa shape index (κ2) is 39.5. The van der Waals surface area contributed by atoms with Crippen molar-refractivity contribution < 1.29 is 77.5 Å². The molecular formula is C60H71BrClIN12O18. The van der Waals surface area contributed by atoms with Gasteiger partial charge < -0.3 is 45.4 Å². The van der Waals surface area contributed by atoms with Crippen molar-refractivity contribution in [2.45, 2.75) is 130 Å². The minimum absolute atomic E-state index is 0. The Balaban J connectivity index is 0. The van der Waals surface area contributed by atoms with E-state index in [2.05, 4.69) is 73.6 Å². The van der Waals surface area contributed by atoms with Gasteiger partial charge >= 0.3 is 30.2 Å². The summed E-state index contributed by atoms with van der Waals surface area (Å²) in [5.74, 6) is -2.45. The predicted octanol–water partition coefficient (Wildman–Crippen LogP) is 11.7. The molecule has 0 bridgehead atoms. The fraction of sp³-hybridized carbons (Fsp3) is 0.383. The number of nitrogens with two attached hydrogens (primary N) is 1. The van der Waals surface area contributed by atoms with Crippen molar-refractivity contribution in [3.8, 4) is 12.8 Å². The minimum Gasteiger partial charge on any atom is -0.467 e. The Morgan fingerprint density at radius 3 is 1.43 bits per heavy atom. The lowest BCUT2D eigenvalue weighted by Crippen LogP contribution is -2.52. The highest BCUT2D eigenvalue weighted by Gasteiger charge is 2.35. The number of nitrogens with one attached hydrogen (secondary N) is 3. The smallest absolute Gasteiger partial charge is 0.408 e. The number of hydrogen-bond acceptors (Lipinski definition) is 19. The maximum absolute atomic E-state index is 12.1. The van der Waals surface area contributed by atoms with Crippen LogP contribution >= 0.6 is 50.9 Å². The van der Waals surface area contributed by atoms with E-state index in [4.69, 9.17) is 46.2 Å². The number of nitrogens with zero attached hydrogens (tertiary/aromatic N) is 8. The van der Waals surface area contributed by atoms with Crippen LogP contribution in [0.1, 0.15) is 86.4 Å². The number of alkyl halides is 1. The van der Waals surface area contributed by atoms with E-state index >= 15 is 0 Å². The third-order valence-corrected chi connectivity index (χ3v) is 12.6. The first-order chi connectivity index (χ1) is 42.4. The SMILES string of the molecule is C.C#C.COC(=O)[C@H](CI)NC(=O)OC(C)(C)C.Cl.[C-]#[N+]c1ccc(Br)c([N+](=O)[O-])c1.[C-]#[N+]c1ccc(C[C@H](NC(=O)OC(C)(C)C)C(=O)OC)c([N+](=O)[O-])c1.[C-]#[N+]c1ccc2c(c1)N(O)C(=O)[C@@H](N)C2.[C-]#[N+]c1ccc2c(c1)N(O)C(=O)[C@@H](NC(=O)OC(C)(C)C)C2. The van der Waals surface area contributed by atoms with Gasteiger partial charge in [-0.3, -0.25) is 40.2 Å². The topological polar surface area (TPSA) is 378 Å². The van der Waals surface area contributed by atoms with E-state index in [1.807, 2.05) is 22.6 Å². The maximum atomic E-state index is 12.1. The second-order valence-electron chi connectivity index (χ2n) is 21.4. The largest absolute Gasteiger partial charge is 0.467 e. The Hall–Kier alpha value is -9.73. The van der Waals surface area contributed by atoms with Crippen LogP contribution in [0.2, 0.25) is 0 Å². The zero-order chi connectivity index (χ0) is 69.9. The molecule has 0 spiro atoms. The molecule has 30 nitrogen and oxygen atoms in total. The number of hydrogen-bond donors (Lipinski definition) is 6. The van der Waals surface area contributed by atoms with Gasteiger partial charge in [0.25, 0.3) is 23.2 Å². The van der Waals surface area contributed by atoms with Crippen molar-refractivity contribution in [3.63, 3.8) is 0 Å². The highest BCUT2D eigenvalue weighted by molar-refractivity contribution is 14.1. The zero-order valence-corrected chi connectivity index (χ0v) is 56.0. The summed E-state index contributed by atoms with van der Waals surface area (Å²) in [6, 6.07) is 14.2. The quantitative estimate of drug-likeness (QED) is 0.00988. The fourth-order valence-corrected chi connectivity index (χ4v) is 8.12. The van der Waals surface area contributed by atoms with E-state index in [0.29, 0.717) is 48.1 Å². The van der Waals surface area contributed by atoms with Gasteiger partial charge in [0, 0.05) is 35.0 Å². The molecule has 0 aliphatic carbocycles. The number of carbonyl (C=O) groups excluding carboxylic acids is 7. The van der Waals surface area contributed by atoms with Gasteiger partial charge in [-0.05, 0) is 108 Å². The number of rotatable bonds is 10. The number of terminal acetylenes is 1. The van der Waals surface area contributed by atoms with Gasteiger partial charge in [-0.25, -0.2) is 43.4 Å². The molecule has 4 aromatic rings. The summed E-state index contributed by atoms with van der Waals surface area (Å²) in [5, 5.41) is 49.3. The molecule has 0 saturated heterocycles. The molecule has 93 heavy (non-hydrogen) atoms. The lowest BCUT2D eigenvalue weighted by molar-refractivity contribution is -0.385. The fourth-order valence-electron chi connectivity index (χ4n) is 7.15. The van der Waals surface area contributed by atoms with Gasteiger partial charge in [0.2, 0.25) is 0 Å². The average molecular weight is 1490 g/mol. The Kier molecular flexibility index (Phi) is 36.3. The number of amides is 5. The van der Waals surface area contributed by atoms with Gasteiger partial charge in [-0.15, -0.1) is 25.3 Å². The summed E-state index contributed by atoms with van der Waals surface area (Å²) in [6.45, 7) is 42.7. The molecule has 2 aliphatic rings. The molecule has 0 aromatic heterocycles. The molecule has 500 valence electrons. The van der Waals surface area contributed by atoms with Gasteiger partial charge in [-0.2, -0.15) is 10.1 Å². The molecular weight excluding hydrogens is 1420 g/mol. The highest BCUT2D eigenvalue weighted by atomic mass is 127. The lowest BCUT2D eigenvalue weighted by atomic mass is 9.98. The van der Waals surface area contributed by atoms with E-state index in [0.717, 1.165) is 18.7 Å². The molecule has 2 aliphatic heterocycles. The van der Waals surface area contributed by atoms with Crippen LogP contribution in [0.3, 0.4) is 0 Å². The molecule has 6 rings (SSSR count). The summed E-state index contributed by atoms with van der Waals surface area (Å²) in [6.07, 6.45) is 6.26. The number of esters is 2. The zero-order valence-electron chi connectivity index (χ0n) is 51.5. The minimum atomic E-state index is -1.17. The molecule has 0 radical (unpaired) electrons. The molecule has 4 aromatic carbocycles. The number of nitro benzene ring substituents is 2. The number of benzene rings is 4. The highest BCUT2D eigenvalue weighted by Crippen LogP contribution is 2.33. The van der Waals surface area contributed by atoms with Crippen molar-refractivity contribution in [2.75, 3.05) is 28.8 Å². The van der Waals surface area contributed by atoms with Crippen molar-refractivity contribution in [1.82, 2.24) is 16.0 Å². The van der Waals surface area contributed by atoms with E-state index in [-0.39, 0.29) is 66.7 Å². The number of halogens is 3. The summed E-state index contributed by atoms with van der Waals surface area (Å²) in [7, 11) is 2.42. The summed E-state index contributed by atoms with van der Waals surface area (Å²) < 4.78 is 25.2. The van der Waals surface area contributed by atoms with Crippen molar-refractivity contribution in [2.24, 2.45) is 5.73 Å². The molecule has 4 atom stereocenters. The summed E-state index contributed by atoms with van der Waals surface area (Å²) in [5.41, 5.74) is 6.45. The van der Waals surface area contributed by atoms with Crippen LogP contribution in [-0.2, 0) is 62.1 Å². The van der Waals surface area contributed by atoms with Crippen molar-refractivity contribution in [1.29, 1.82) is 0 Å². The van der Waals surface area contributed by atoms with Crippen LogP contribution in [0.25, 0.3) is 19.4 Å². The van der Waals surface area contributed by atoms with Crippen molar-refractivity contribution >= 4 is 138 Å². The first-order valence-electron chi connectivity index (χ1n) is 26.2. The molecule has 2 heterocycles. The number of alkyl carbamates (subject to hydrolysis) is 3. The van der Waals surface area contributed by atoms with Gasteiger partial charge in [0.1, 0.15) is 34.9 Å². The first-order valence-corrected chi connectivity index (χ1v) is 28.5. The average Bonchev–Trinajstić information content (AvgIpc) is 0.824. The Morgan fingerprint density at radius 1 is 0.656 bits per heavy atom. The molecule has 7 N–H and O–H groups in total. The van der Waals surface area contributed by atoms with E-state index in [9.17, 15) is 64.2 Å². The number of fused-ring (bicyclic) bond motifs is 2. The van der Waals surface area contributed by atoms with Crippen LogP contribution < -0.4 is 31.8 Å². The Bertz CT molecular complexity index is 3530. The molecule has 0 unspecified atom stereocenters. The van der Waals surface area contributed by atoms with Crippen LogP contribution in [0.5, 0.6) is 0 Å². The number of nitro groups is 2. The van der Waals surface area contributed by atoms with Crippen LogP contribution in [0.15, 0.2) is 77.3 Å². The lowest BCUT2D eigenvalue weighted by Gasteiger charge is -2.31.